The number of rotatable bonds is 4. The van der Waals surface area contributed by atoms with Gasteiger partial charge in [-0.15, -0.1) is 0 Å². The van der Waals surface area contributed by atoms with E-state index in [-0.39, 0.29) is 6.61 Å². The lowest BCUT2D eigenvalue weighted by Crippen LogP contribution is -2.01. The SMILES string of the molecule is CC(C)=CCOC(=O)C=CC(=O)O. The molecule has 0 radical (unpaired) electrons. The Kier molecular flexibility index (Phi) is 5.27. The molecule has 4 heteroatoms. The van der Waals surface area contributed by atoms with E-state index in [0.717, 1.165) is 17.7 Å². The van der Waals surface area contributed by atoms with E-state index < -0.39 is 11.9 Å². The second-order valence-electron chi connectivity index (χ2n) is 2.58. The van der Waals surface area contributed by atoms with Crippen LogP contribution in [0.1, 0.15) is 13.8 Å². The van der Waals surface area contributed by atoms with Crippen LogP contribution in [0, 0.1) is 0 Å². The van der Waals surface area contributed by atoms with Crippen LogP contribution in [-0.4, -0.2) is 23.7 Å². The first-order valence-electron chi connectivity index (χ1n) is 3.73. The Morgan fingerprint density at radius 2 is 1.92 bits per heavy atom. The number of allylic oxidation sites excluding steroid dienone is 1. The predicted molar refractivity (Wildman–Crippen MR) is 47.2 cm³/mol. The number of hydrogen-bond donors (Lipinski definition) is 1. The monoisotopic (exact) mass is 184 g/mol. The fourth-order valence-electron chi connectivity index (χ4n) is 0.478. The van der Waals surface area contributed by atoms with Crippen LogP contribution >= 0.6 is 0 Å². The minimum Gasteiger partial charge on any atom is -0.478 e. The van der Waals surface area contributed by atoms with Gasteiger partial charge in [-0.2, -0.15) is 0 Å². The molecule has 1 N–H and O–H groups in total. The number of aliphatic carboxylic acids is 1. The highest BCUT2D eigenvalue weighted by molar-refractivity contribution is 5.90. The molecule has 0 saturated heterocycles. The molecule has 0 aromatic rings. The minimum absolute atomic E-state index is 0.172. The topological polar surface area (TPSA) is 63.6 Å². The molecular weight excluding hydrogens is 172 g/mol. The first-order chi connectivity index (χ1) is 6.02. The van der Waals surface area contributed by atoms with Crippen LogP contribution in [0.25, 0.3) is 0 Å². The van der Waals surface area contributed by atoms with E-state index in [4.69, 9.17) is 5.11 Å². The molecule has 0 aromatic heterocycles. The van der Waals surface area contributed by atoms with Crippen molar-refractivity contribution in [2.24, 2.45) is 0 Å². The van der Waals surface area contributed by atoms with E-state index in [1.165, 1.54) is 0 Å². The molecule has 0 atom stereocenters. The van der Waals surface area contributed by atoms with Crippen molar-refractivity contribution in [1.29, 1.82) is 0 Å². The molecule has 0 saturated carbocycles. The Labute approximate surface area is 76.5 Å². The van der Waals surface area contributed by atoms with Crippen molar-refractivity contribution in [1.82, 2.24) is 0 Å². The highest BCUT2D eigenvalue weighted by Crippen LogP contribution is 1.89. The lowest BCUT2D eigenvalue weighted by atomic mass is 10.3. The van der Waals surface area contributed by atoms with Crippen molar-refractivity contribution in [3.63, 3.8) is 0 Å². The first-order valence-corrected chi connectivity index (χ1v) is 3.73. The Morgan fingerprint density at radius 1 is 1.31 bits per heavy atom. The summed E-state index contributed by atoms with van der Waals surface area (Å²) >= 11 is 0. The summed E-state index contributed by atoms with van der Waals surface area (Å²) in [5.74, 6) is -1.82. The van der Waals surface area contributed by atoms with Gasteiger partial charge in [-0.25, -0.2) is 9.59 Å². The van der Waals surface area contributed by atoms with Gasteiger partial charge in [-0.1, -0.05) is 5.57 Å². The molecule has 0 aliphatic carbocycles. The molecular formula is C9H12O4. The molecule has 0 rings (SSSR count). The van der Waals surface area contributed by atoms with E-state index in [2.05, 4.69) is 4.74 Å². The summed E-state index contributed by atoms with van der Waals surface area (Å²) in [5.41, 5.74) is 1.04. The smallest absolute Gasteiger partial charge is 0.331 e. The average molecular weight is 184 g/mol. The molecule has 0 aromatic carbocycles. The zero-order valence-corrected chi connectivity index (χ0v) is 7.61. The maximum atomic E-state index is 10.7. The maximum Gasteiger partial charge on any atom is 0.331 e. The molecule has 0 aliphatic heterocycles. The molecule has 0 aliphatic rings. The Hall–Kier alpha value is -1.58. The molecule has 0 amide bonds. The van der Waals surface area contributed by atoms with Crippen molar-refractivity contribution in [2.45, 2.75) is 13.8 Å². The zero-order chi connectivity index (χ0) is 10.3. The minimum atomic E-state index is -1.17. The van der Waals surface area contributed by atoms with Gasteiger partial charge in [0, 0.05) is 12.2 Å². The van der Waals surface area contributed by atoms with Crippen LogP contribution in [0.15, 0.2) is 23.8 Å². The molecule has 0 unspecified atom stereocenters. The second-order valence-corrected chi connectivity index (χ2v) is 2.58. The van der Waals surface area contributed by atoms with Gasteiger partial charge >= 0.3 is 11.9 Å². The quantitative estimate of drug-likeness (QED) is 0.404. The predicted octanol–water partition coefficient (Wildman–Crippen LogP) is 1.14. The van der Waals surface area contributed by atoms with Crippen LogP contribution in [0.3, 0.4) is 0 Å². The summed E-state index contributed by atoms with van der Waals surface area (Å²) < 4.78 is 4.64. The Bertz CT molecular complexity index is 246. The lowest BCUT2D eigenvalue weighted by molar-refractivity contribution is -0.137. The summed E-state index contributed by atoms with van der Waals surface area (Å²) in [4.78, 5) is 20.7. The zero-order valence-electron chi connectivity index (χ0n) is 7.61. The van der Waals surface area contributed by atoms with Gasteiger partial charge in [-0.05, 0) is 19.9 Å². The number of carbonyl (C=O) groups is 2. The number of carboxylic acid groups (broad SMARTS) is 1. The van der Waals surface area contributed by atoms with E-state index in [1.54, 1.807) is 6.08 Å². The van der Waals surface area contributed by atoms with Gasteiger partial charge in [0.1, 0.15) is 6.61 Å². The van der Waals surface area contributed by atoms with E-state index in [9.17, 15) is 9.59 Å². The fourth-order valence-corrected chi connectivity index (χ4v) is 0.478. The van der Waals surface area contributed by atoms with Crippen LogP contribution < -0.4 is 0 Å². The number of esters is 1. The fraction of sp³-hybridized carbons (Fsp3) is 0.333. The number of hydrogen-bond acceptors (Lipinski definition) is 3. The largest absolute Gasteiger partial charge is 0.478 e. The average Bonchev–Trinajstić information content (AvgIpc) is 2.00. The molecule has 0 heterocycles. The number of carboxylic acids is 1. The molecule has 0 bridgehead atoms. The lowest BCUT2D eigenvalue weighted by Gasteiger charge is -1.96. The third-order valence-electron chi connectivity index (χ3n) is 1.08. The third-order valence-corrected chi connectivity index (χ3v) is 1.08. The molecule has 0 spiro atoms. The van der Waals surface area contributed by atoms with Gasteiger partial charge < -0.3 is 9.84 Å². The number of ether oxygens (including phenoxy) is 1. The number of carbonyl (C=O) groups excluding carboxylic acids is 1. The molecule has 72 valence electrons. The normalized spacial score (nSPS) is 9.69. The van der Waals surface area contributed by atoms with Crippen LogP contribution in [0.2, 0.25) is 0 Å². The highest BCUT2D eigenvalue weighted by Gasteiger charge is 1.95. The summed E-state index contributed by atoms with van der Waals surface area (Å²) in [7, 11) is 0. The van der Waals surface area contributed by atoms with E-state index in [0.29, 0.717) is 0 Å². The summed E-state index contributed by atoms with van der Waals surface area (Å²) in [5, 5.41) is 8.17. The van der Waals surface area contributed by atoms with Gasteiger partial charge in [0.2, 0.25) is 0 Å². The van der Waals surface area contributed by atoms with Gasteiger partial charge in [0.05, 0.1) is 0 Å². The van der Waals surface area contributed by atoms with Gasteiger partial charge in [0.25, 0.3) is 0 Å². The van der Waals surface area contributed by atoms with E-state index >= 15 is 0 Å². The standard InChI is InChI=1S/C9H12O4/c1-7(2)5-6-13-9(12)4-3-8(10)11/h3-5H,6H2,1-2H3,(H,10,11). The Morgan fingerprint density at radius 3 is 2.38 bits per heavy atom. The summed E-state index contributed by atoms with van der Waals surface area (Å²) in [6.45, 7) is 3.92. The van der Waals surface area contributed by atoms with Crippen LogP contribution in [-0.2, 0) is 14.3 Å². The van der Waals surface area contributed by atoms with Crippen molar-refractivity contribution in [2.75, 3.05) is 6.61 Å². The Balaban J connectivity index is 3.77. The van der Waals surface area contributed by atoms with Gasteiger partial charge in [0.15, 0.2) is 0 Å². The van der Waals surface area contributed by atoms with Crippen LogP contribution in [0.4, 0.5) is 0 Å². The summed E-state index contributed by atoms with van der Waals surface area (Å²) in [6.07, 6.45) is 3.35. The maximum absolute atomic E-state index is 10.7. The van der Waals surface area contributed by atoms with Crippen molar-refractivity contribution in [3.05, 3.63) is 23.8 Å². The molecule has 0 fully saturated rings. The molecule has 13 heavy (non-hydrogen) atoms. The van der Waals surface area contributed by atoms with E-state index in [1.807, 2.05) is 13.8 Å². The van der Waals surface area contributed by atoms with Crippen molar-refractivity contribution >= 4 is 11.9 Å². The summed E-state index contributed by atoms with van der Waals surface area (Å²) in [6, 6.07) is 0. The van der Waals surface area contributed by atoms with Gasteiger partial charge in [-0.3, -0.25) is 0 Å². The second kappa shape index (κ2) is 5.99. The molecule has 4 nitrogen and oxygen atoms in total. The first kappa shape index (κ1) is 11.4. The highest BCUT2D eigenvalue weighted by atomic mass is 16.5. The van der Waals surface area contributed by atoms with Crippen molar-refractivity contribution in [3.8, 4) is 0 Å². The van der Waals surface area contributed by atoms with Crippen LogP contribution in [0.5, 0.6) is 0 Å². The van der Waals surface area contributed by atoms with Crippen molar-refractivity contribution < 1.29 is 19.4 Å². The third kappa shape index (κ3) is 8.33.